The van der Waals surface area contributed by atoms with Gasteiger partial charge in [0.2, 0.25) is 0 Å². The minimum atomic E-state index is -0.477. The Morgan fingerprint density at radius 3 is 2.33 bits per heavy atom. The first-order valence-electron chi connectivity index (χ1n) is 8.61. The predicted molar refractivity (Wildman–Crippen MR) is 85.4 cm³/mol. The molecule has 1 aromatic rings. The van der Waals surface area contributed by atoms with Gasteiger partial charge < -0.3 is 9.84 Å². The van der Waals surface area contributed by atoms with Gasteiger partial charge in [0.15, 0.2) is 0 Å². The number of aliphatic hydroxyl groups is 1. The second kappa shape index (κ2) is 6.93. The molecule has 0 spiro atoms. The average Bonchev–Trinajstić information content (AvgIpc) is 2.48. The number of hydrogen-bond acceptors (Lipinski definition) is 2. The molecule has 2 saturated carbocycles. The van der Waals surface area contributed by atoms with E-state index in [1.807, 2.05) is 6.07 Å². The fourth-order valence-electron chi connectivity index (χ4n) is 4.09. The lowest BCUT2D eigenvalue weighted by atomic mass is 9.75. The van der Waals surface area contributed by atoms with Crippen LogP contribution in [0.25, 0.3) is 0 Å². The summed E-state index contributed by atoms with van der Waals surface area (Å²) in [6.07, 6.45) is 9.62. The maximum atomic E-state index is 11.0. The van der Waals surface area contributed by atoms with Crippen LogP contribution in [0.2, 0.25) is 0 Å². The Balaban J connectivity index is 1.80. The molecule has 1 aromatic carbocycles. The second-order valence-electron chi connectivity index (χ2n) is 6.80. The lowest BCUT2D eigenvalue weighted by Gasteiger charge is -2.35. The number of benzene rings is 1. The van der Waals surface area contributed by atoms with Crippen LogP contribution in [0.5, 0.6) is 0 Å². The van der Waals surface area contributed by atoms with Crippen molar-refractivity contribution in [2.24, 2.45) is 5.92 Å². The molecule has 2 atom stereocenters. The van der Waals surface area contributed by atoms with E-state index in [0.717, 1.165) is 5.56 Å². The molecule has 0 saturated heterocycles. The Labute approximate surface area is 128 Å². The summed E-state index contributed by atoms with van der Waals surface area (Å²) < 4.78 is 5.74. The zero-order chi connectivity index (χ0) is 14.7. The van der Waals surface area contributed by atoms with Gasteiger partial charge in [0.1, 0.15) is 6.10 Å². The standard InChI is InChI=1S/C19H28O2/c1-21-19(15-8-3-2-4-9-15)18(20)17-13-6-5-12-16(17)14-10-7-11-14/h5-6,12-15,18-20H,2-4,7-11H2,1H3. The molecule has 1 N–H and O–H groups in total. The Morgan fingerprint density at radius 2 is 1.71 bits per heavy atom. The molecule has 116 valence electrons. The highest BCUT2D eigenvalue weighted by atomic mass is 16.5. The van der Waals surface area contributed by atoms with Crippen LogP contribution >= 0.6 is 0 Å². The topological polar surface area (TPSA) is 29.5 Å². The maximum Gasteiger partial charge on any atom is 0.106 e. The first-order valence-corrected chi connectivity index (χ1v) is 8.61. The van der Waals surface area contributed by atoms with Crippen molar-refractivity contribution in [3.8, 4) is 0 Å². The average molecular weight is 288 g/mol. The zero-order valence-corrected chi connectivity index (χ0v) is 13.1. The Bertz CT molecular complexity index is 447. The normalized spacial score (nSPS) is 23.5. The van der Waals surface area contributed by atoms with E-state index in [0.29, 0.717) is 11.8 Å². The Kier molecular flexibility index (Phi) is 4.97. The van der Waals surface area contributed by atoms with E-state index in [9.17, 15) is 5.11 Å². The van der Waals surface area contributed by atoms with Gasteiger partial charge in [0.25, 0.3) is 0 Å². The quantitative estimate of drug-likeness (QED) is 0.859. The number of methoxy groups -OCH3 is 1. The molecule has 0 radical (unpaired) electrons. The van der Waals surface area contributed by atoms with Gasteiger partial charge in [-0.1, -0.05) is 49.9 Å². The lowest BCUT2D eigenvalue weighted by Crippen LogP contribution is -2.32. The monoisotopic (exact) mass is 288 g/mol. The third kappa shape index (κ3) is 3.17. The summed E-state index contributed by atoms with van der Waals surface area (Å²) in [7, 11) is 1.76. The van der Waals surface area contributed by atoms with Gasteiger partial charge in [-0.3, -0.25) is 0 Å². The van der Waals surface area contributed by atoms with Crippen LogP contribution in [-0.2, 0) is 4.74 Å². The van der Waals surface area contributed by atoms with Gasteiger partial charge in [-0.15, -0.1) is 0 Å². The lowest BCUT2D eigenvalue weighted by molar-refractivity contribution is -0.0564. The number of aliphatic hydroxyl groups excluding tert-OH is 1. The van der Waals surface area contributed by atoms with E-state index in [1.165, 1.54) is 56.9 Å². The first-order chi connectivity index (χ1) is 10.3. The van der Waals surface area contributed by atoms with E-state index in [4.69, 9.17) is 4.74 Å². The number of rotatable bonds is 5. The van der Waals surface area contributed by atoms with Crippen molar-refractivity contribution in [3.05, 3.63) is 35.4 Å². The van der Waals surface area contributed by atoms with Gasteiger partial charge in [-0.2, -0.15) is 0 Å². The summed E-state index contributed by atoms with van der Waals surface area (Å²) in [6, 6.07) is 8.46. The van der Waals surface area contributed by atoms with E-state index in [1.54, 1.807) is 7.11 Å². The zero-order valence-electron chi connectivity index (χ0n) is 13.1. The first kappa shape index (κ1) is 15.1. The van der Waals surface area contributed by atoms with E-state index in [-0.39, 0.29) is 6.10 Å². The van der Waals surface area contributed by atoms with Crippen molar-refractivity contribution >= 4 is 0 Å². The summed E-state index contributed by atoms with van der Waals surface area (Å²) in [5.41, 5.74) is 2.47. The highest BCUT2D eigenvalue weighted by Gasteiger charge is 2.33. The highest BCUT2D eigenvalue weighted by molar-refractivity contribution is 5.34. The van der Waals surface area contributed by atoms with Crippen LogP contribution in [0.1, 0.15) is 74.5 Å². The van der Waals surface area contributed by atoms with Gasteiger partial charge >= 0.3 is 0 Å². The fraction of sp³-hybridized carbons (Fsp3) is 0.684. The summed E-state index contributed by atoms with van der Waals surface area (Å²) in [5.74, 6) is 1.16. The third-order valence-electron chi connectivity index (χ3n) is 5.56. The molecule has 2 unspecified atom stereocenters. The van der Waals surface area contributed by atoms with Crippen LogP contribution in [0.4, 0.5) is 0 Å². The molecular weight excluding hydrogens is 260 g/mol. The van der Waals surface area contributed by atoms with Crippen molar-refractivity contribution in [3.63, 3.8) is 0 Å². The van der Waals surface area contributed by atoms with Crippen LogP contribution in [0.15, 0.2) is 24.3 Å². The Morgan fingerprint density at radius 1 is 1.00 bits per heavy atom. The van der Waals surface area contributed by atoms with E-state index >= 15 is 0 Å². The molecular formula is C19H28O2. The summed E-state index contributed by atoms with van der Waals surface area (Å²) >= 11 is 0. The summed E-state index contributed by atoms with van der Waals surface area (Å²) in [4.78, 5) is 0. The molecule has 2 fully saturated rings. The molecule has 2 nitrogen and oxygen atoms in total. The molecule has 0 amide bonds. The van der Waals surface area contributed by atoms with Crippen molar-refractivity contribution in [2.45, 2.75) is 69.5 Å². The highest BCUT2D eigenvalue weighted by Crippen LogP contribution is 2.42. The third-order valence-corrected chi connectivity index (χ3v) is 5.56. The largest absolute Gasteiger partial charge is 0.386 e. The Hall–Kier alpha value is -0.860. The molecule has 0 aliphatic heterocycles. The van der Waals surface area contributed by atoms with Crippen LogP contribution in [0.3, 0.4) is 0 Å². The van der Waals surface area contributed by atoms with Gasteiger partial charge in [-0.05, 0) is 48.6 Å². The minimum Gasteiger partial charge on any atom is -0.386 e. The van der Waals surface area contributed by atoms with Crippen molar-refractivity contribution in [1.29, 1.82) is 0 Å². The molecule has 21 heavy (non-hydrogen) atoms. The minimum absolute atomic E-state index is 0.0495. The smallest absolute Gasteiger partial charge is 0.106 e. The van der Waals surface area contributed by atoms with Crippen LogP contribution < -0.4 is 0 Å². The molecule has 0 bridgehead atoms. The summed E-state index contributed by atoms with van der Waals surface area (Å²) in [6.45, 7) is 0. The van der Waals surface area contributed by atoms with Gasteiger partial charge in [0, 0.05) is 7.11 Å². The molecule has 3 rings (SSSR count). The molecule has 2 aliphatic rings. The van der Waals surface area contributed by atoms with Crippen LogP contribution in [0, 0.1) is 5.92 Å². The van der Waals surface area contributed by atoms with E-state index < -0.39 is 6.10 Å². The van der Waals surface area contributed by atoms with Crippen LogP contribution in [-0.4, -0.2) is 18.3 Å². The van der Waals surface area contributed by atoms with Crippen molar-refractivity contribution < 1.29 is 9.84 Å². The van der Waals surface area contributed by atoms with E-state index in [2.05, 4.69) is 18.2 Å². The molecule has 2 aliphatic carbocycles. The number of hydrogen-bond donors (Lipinski definition) is 1. The second-order valence-corrected chi connectivity index (χ2v) is 6.80. The summed E-state index contributed by atoms with van der Waals surface area (Å²) in [5, 5.41) is 11.0. The van der Waals surface area contributed by atoms with Crippen molar-refractivity contribution in [2.75, 3.05) is 7.11 Å². The van der Waals surface area contributed by atoms with Gasteiger partial charge in [0.05, 0.1) is 6.10 Å². The molecule has 0 aromatic heterocycles. The SMILES string of the molecule is COC(C1CCCCC1)C(O)c1ccccc1C1CCC1. The van der Waals surface area contributed by atoms with Crippen molar-refractivity contribution in [1.82, 2.24) is 0 Å². The predicted octanol–water partition coefficient (Wildman–Crippen LogP) is 4.58. The maximum absolute atomic E-state index is 11.0. The van der Waals surface area contributed by atoms with Gasteiger partial charge in [-0.25, -0.2) is 0 Å². The fourth-order valence-corrected chi connectivity index (χ4v) is 4.09. The number of ether oxygens (including phenoxy) is 1. The molecule has 2 heteroatoms. The molecule has 0 heterocycles.